The fraction of sp³-hybridized carbons (Fsp3) is 0.952. The van der Waals surface area contributed by atoms with Crippen molar-refractivity contribution in [2.24, 2.45) is 0 Å². The number of carbonyl (C=O) groups excluding carboxylic acids is 2. The fourth-order valence-electron chi connectivity index (χ4n) is 6.10. The van der Waals surface area contributed by atoms with Crippen LogP contribution in [-0.2, 0) is 42.1 Å². The van der Waals surface area contributed by atoms with E-state index in [2.05, 4.69) is 19.2 Å². The Morgan fingerprint density at radius 1 is 0.537 bits per heavy atom. The summed E-state index contributed by atoms with van der Waals surface area (Å²) in [5.41, 5.74) is 0. The topological polar surface area (TPSA) is 139 Å². The van der Waals surface area contributed by atoms with Crippen molar-refractivity contribution >= 4 is 19.5 Å². The summed E-state index contributed by atoms with van der Waals surface area (Å²) in [6, 6.07) is 0. The van der Waals surface area contributed by atoms with E-state index in [0.717, 1.165) is 25.7 Å². The van der Waals surface area contributed by atoms with E-state index in [-0.39, 0.29) is 64.5 Å². The molecule has 0 aliphatic heterocycles. The van der Waals surface area contributed by atoms with E-state index in [4.69, 9.17) is 28.0 Å². The Hall–Kier alpha value is -0.910. The molecule has 322 valence electrons. The maximum absolute atomic E-state index is 12.6. The Labute approximate surface area is 331 Å². The number of hydrogen-bond donors (Lipinski definition) is 2. The SMILES string of the molecule is CCCCCCCCCCCCCCCOCOCC(COCOCCCCCCCCCCCCCCC)OP(=O)(O)OCCNC(=O)CCC(C)=O. The zero-order chi connectivity index (χ0) is 39.6. The molecular formula is C42H84NO10P. The molecule has 1 unspecified atom stereocenters. The van der Waals surface area contributed by atoms with E-state index in [1.807, 2.05) is 0 Å². The van der Waals surface area contributed by atoms with E-state index >= 15 is 0 Å². The predicted molar refractivity (Wildman–Crippen MR) is 219 cm³/mol. The average Bonchev–Trinajstić information content (AvgIpc) is 3.14. The summed E-state index contributed by atoms with van der Waals surface area (Å²) in [5, 5.41) is 2.55. The Kier molecular flexibility index (Phi) is 41.0. The van der Waals surface area contributed by atoms with Gasteiger partial charge >= 0.3 is 7.82 Å². The van der Waals surface area contributed by atoms with E-state index in [0.29, 0.717) is 13.2 Å². The number of amides is 1. The number of carbonyl (C=O) groups is 2. The molecule has 0 bridgehead atoms. The Bertz CT molecular complexity index is 827. The van der Waals surface area contributed by atoms with Crippen molar-refractivity contribution in [1.29, 1.82) is 0 Å². The lowest BCUT2D eigenvalue weighted by Crippen LogP contribution is -2.28. The Morgan fingerprint density at radius 3 is 1.28 bits per heavy atom. The third-order valence-corrected chi connectivity index (χ3v) is 10.5. The summed E-state index contributed by atoms with van der Waals surface area (Å²) < 4.78 is 45.5. The number of hydrogen-bond acceptors (Lipinski definition) is 9. The van der Waals surface area contributed by atoms with Crippen molar-refractivity contribution in [3.8, 4) is 0 Å². The van der Waals surface area contributed by atoms with Crippen LogP contribution in [0.15, 0.2) is 0 Å². The number of phosphoric ester groups is 1. The molecule has 0 aromatic heterocycles. The maximum atomic E-state index is 12.6. The molecule has 0 saturated carbocycles. The van der Waals surface area contributed by atoms with Crippen molar-refractivity contribution in [1.82, 2.24) is 5.32 Å². The van der Waals surface area contributed by atoms with E-state index in [1.54, 1.807) is 0 Å². The molecule has 2 N–H and O–H groups in total. The van der Waals surface area contributed by atoms with Gasteiger partial charge in [-0.2, -0.15) is 0 Å². The first kappa shape index (κ1) is 53.1. The number of phosphoric acid groups is 1. The van der Waals surface area contributed by atoms with Crippen molar-refractivity contribution in [2.45, 2.75) is 207 Å². The minimum atomic E-state index is -4.47. The van der Waals surface area contributed by atoms with Crippen LogP contribution in [0, 0.1) is 0 Å². The summed E-state index contributed by atoms with van der Waals surface area (Å²) in [6.07, 6.45) is 32.8. The van der Waals surface area contributed by atoms with Gasteiger partial charge in [-0.1, -0.05) is 168 Å². The van der Waals surface area contributed by atoms with Gasteiger partial charge < -0.3 is 34.0 Å². The summed E-state index contributed by atoms with van der Waals surface area (Å²) in [7, 11) is -4.47. The molecular weight excluding hydrogens is 709 g/mol. The molecule has 1 amide bonds. The summed E-state index contributed by atoms with van der Waals surface area (Å²) in [4.78, 5) is 33.1. The molecule has 0 aromatic carbocycles. The first-order chi connectivity index (χ1) is 26.3. The van der Waals surface area contributed by atoms with Gasteiger partial charge in [0.2, 0.25) is 5.91 Å². The monoisotopic (exact) mass is 794 g/mol. The second-order valence-corrected chi connectivity index (χ2v) is 16.3. The van der Waals surface area contributed by atoms with Crippen LogP contribution < -0.4 is 5.32 Å². The van der Waals surface area contributed by atoms with Crippen LogP contribution in [0.4, 0.5) is 0 Å². The van der Waals surface area contributed by atoms with Crippen LogP contribution in [-0.4, -0.2) is 75.9 Å². The molecule has 0 saturated heterocycles. The fourth-order valence-corrected chi connectivity index (χ4v) is 6.98. The highest BCUT2D eigenvalue weighted by atomic mass is 31.2. The quantitative estimate of drug-likeness (QED) is 0.0348. The van der Waals surface area contributed by atoms with Gasteiger partial charge in [0.15, 0.2) is 0 Å². The average molecular weight is 794 g/mol. The molecule has 54 heavy (non-hydrogen) atoms. The number of ether oxygens (including phenoxy) is 4. The second-order valence-electron chi connectivity index (χ2n) is 14.9. The Balaban J connectivity index is 4.19. The van der Waals surface area contributed by atoms with Gasteiger partial charge in [0, 0.05) is 32.6 Å². The molecule has 12 heteroatoms. The lowest BCUT2D eigenvalue weighted by molar-refractivity contribution is -0.124. The summed E-state index contributed by atoms with van der Waals surface area (Å²) >= 11 is 0. The molecule has 0 aromatic rings. The minimum Gasteiger partial charge on any atom is -0.355 e. The molecule has 0 aliphatic rings. The van der Waals surface area contributed by atoms with Gasteiger partial charge in [-0.3, -0.25) is 13.8 Å². The lowest BCUT2D eigenvalue weighted by atomic mass is 10.0. The van der Waals surface area contributed by atoms with Gasteiger partial charge in [0.25, 0.3) is 0 Å². The largest absolute Gasteiger partial charge is 0.472 e. The molecule has 0 heterocycles. The van der Waals surface area contributed by atoms with Gasteiger partial charge in [-0.05, 0) is 19.8 Å². The molecule has 0 rings (SSSR count). The zero-order valence-electron chi connectivity index (χ0n) is 35.1. The lowest BCUT2D eigenvalue weighted by Gasteiger charge is -2.21. The first-order valence-electron chi connectivity index (χ1n) is 22.0. The van der Waals surface area contributed by atoms with Crippen LogP contribution >= 0.6 is 7.82 Å². The van der Waals surface area contributed by atoms with Gasteiger partial charge in [-0.25, -0.2) is 4.57 Å². The highest BCUT2D eigenvalue weighted by molar-refractivity contribution is 7.47. The van der Waals surface area contributed by atoms with E-state index < -0.39 is 13.9 Å². The number of Topliss-reactive ketones (excluding diaryl/α,β-unsaturated/α-hetero) is 1. The first-order valence-corrected chi connectivity index (χ1v) is 23.5. The molecule has 11 nitrogen and oxygen atoms in total. The van der Waals surface area contributed by atoms with Crippen LogP contribution in [0.5, 0.6) is 0 Å². The molecule has 0 spiro atoms. The van der Waals surface area contributed by atoms with Crippen LogP contribution in [0.1, 0.15) is 201 Å². The highest BCUT2D eigenvalue weighted by Crippen LogP contribution is 2.44. The third kappa shape index (κ3) is 42.2. The summed E-state index contributed by atoms with van der Waals surface area (Å²) in [6.45, 7) is 6.89. The van der Waals surface area contributed by atoms with E-state index in [1.165, 1.54) is 148 Å². The number of ketones is 1. The molecule has 0 radical (unpaired) electrons. The minimum absolute atomic E-state index is 0.00236. The van der Waals surface area contributed by atoms with Crippen LogP contribution in [0.2, 0.25) is 0 Å². The van der Waals surface area contributed by atoms with Crippen LogP contribution in [0.3, 0.4) is 0 Å². The van der Waals surface area contributed by atoms with Crippen molar-refractivity contribution in [3.63, 3.8) is 0 Å². The van der Waals surface area contributed by atoms with Crippen LogP contribution in [0.25, 0.3) is 0 Å². The van der Waals surface area contributed by atoms with Crippen molar-refractivity contribution in [2.75, 3.05) is 53.2 Å². The van der Waals surface area contributed by atoms with Crippen molar-refractivity contribution in [3.05, 3.63) is 0 Å². The van der Waals surface area contributed by atoms with Gasteiger partial charge in [0.05, 0.1) is 19.8 Å². The summed E-state index contributed by atoms with van der Waals surface area (Å²) in [5.74, 6) is -0.417. The normalized spacial score (nSPS) is 12.8. The van der Waals surface area contributed by atoms with Gasteiger partial charge in [-0.15, -0.1) is 0 Å². The van der Waals surface area contributed by atoms with E-state index in [9.17, 15) is 19.0 Å². The standard InChI is InChI=1S/C42H84NO10P/c1-4-6-8-10-12-14-16-18-20-22-24-26-28-33-48-38-50-36-41(53-54(46,47)52-35-32-43-42(45)31-30-40(3)44)37-51-39-49-34-29-27-25-23-21-19-17-15-13-11-9-7-5-2/h41H,4-39H2,1-3H3,(H,43,45)(H,46,47). The predicted octanol–water partition coefficient (Wildman–Crippen LogP) is 11.1. The van der Waals surface area contributed by atoms with Gasteiger partial charge in [0.1, 0.15) is 25.5 Å². The maximum Gasteiger partial charge on any atom is 0.472 e. The van der Waals surface area contributed by atoms with Crippen molar-refractivity contribution < 1.29 is 47.0 Å². The third-order valence-electron chi connectivity index (χ3n) is 9.39. The molecule has 1 atom stereocenters. The smallest absolute Gasteiger partial charge is 0.355 e. The highest BCUT2D eigenvalue weighted by Gasteiger charge is 2.27. The number of unbranched alkanes of at least 4 members (excludes halogenated alkanes) is 24. The molecule has 0 aliphatic carbocycles. The number of nitrogens with one attached hydrogen (secondary N) is 1. The zero-order valence-corrected chi connectivity index (χ0v) is 36.0. The number of rotatable bonds is 45. The molecule has 0 fully saturated rings. The Morgan fingerprint density at radius 2 is 0.907 bits per heavy atom. The second kappa shape index (κ2) is 41.7.